The molecule has 2 aromatic carbocycles. The number of nitrogens with zero attached hydrogens (tertiary/aromatic N) is 3. The maximum absolute atomic E-state index is 12.9. The highest BCUT2D eigenvalue weighted by atomic mass is 19.4. The Kier molecular flexibility index (Phi) is 6.78. The largest absolute Gasteiger partial charge is 0.416 e. The van der Waals surface area contributed by atoms with Crippen molar-refractivity contribution in [2.75, 3.05) is 16.1 Å². The second kappa shape index (κ2) is 10.1. The van der Waals surface area contributed by atoms with Crippen molar-refractivity contribution in [1.29, 1.82) is 0 Å². The number of aromatic nitrogens is 4. The molecule has 2 heterocycles. The fraction of sp³-hybridized carbons (Fsp3) is 0.0909. The lowest BCUT2D eigenvalue weighted by molar-refractivity contribution is -0.137. The summed E-state index contributed by atoms with van der Waals surface area (Å²) < 4.78 is 38.7. The molecule has 0 bridgehead atoms. The van der Waals surface area contributed by atoms with Crippen LogP contribution in [0.5, 0.6) is 0 Å². The predicted octanol–water partition coefficient (Wildman–Crippen LogP) is 3.94. The fourth-order valence-electron chi connectivity index (χ4n) is 3.06. The number of halogens is 3. The van der Waals surface area contributed by atoms with Crippen molar-refractivity contribution in [3.63, 3.8) is 0 Å². The topological polar surface area (TPSA) is 132 Å². The van der Waals surface area contributed by atoms with Gasteiger partial charge in [0.25, 0.3) is 5.91 Å². The van der Waals surface area contributed by atoms with Gasteiger partial charge in [-0.25, -0.2) is 9.97 Å². The van der Waals surface area contributed by atoms with Gasteiger partial charge in [-0.3, -0.25) is 9.89 Å². The lowest BCUT2D eigenvalue weighted by atomic mass is 10.1. The van der Waals surface area contributed by atoms with E-state index in [-0.39, 0.29) is 5.56 Å². The number of hydrogen-bond donors (Lipinski definition) is 6. The van der Waals surface area contributed by atoms with Crippen LogP contribution in [0.25, 0.3) is 11.0 Å². The molecule has 0 unspecified atom stereocenters. The van der Waals surface area contributed by atoms with Gasteiger partial charge in [0.1, 0.15) is 12.1 Å². The maximum Gasteiger partial charge on any atom is 0.416 e. The normalized spacial score (nSPS) is 11.5. The van der Waals surface area contributed by atoms with Crippen LogP contribution in [0.4, 0.5) is 30.4 Å². The molecule has 0 aliphatic heterocycles. The van der Waals surface area contributed by atoms with Gasteiger partial charge in [-0.15, -0.1) is 0 Å². The molecule has 2 aromatic heterocycles. The molecule has 0 radical (unpaired) electrons. The van der Waals surface area contributed by atoms with Crippen LogP contribution in [0.3, 0.4) is 0 Å². The average molecular weight is 483 g/mol. The molecular weight excluding hydrogens is 463 g/mol. The number of H-pyrrole nitrogens is 1. The first-order valence-corrected chi connectivity index (χ1v) is 10.2. The quantitative estimate of drug-likeness (QED) is 0.164. The van der Waals surface area contributed by atoms with Crippen LogP contribution in [-0.4, -0.2) is 26.1 Å². The lowest BCUT2D eigenvalue weighted by Gasteiger charge is -2.13. The number of benzene rings is 2. The van der Waals surface area contributed by atoms with Gasteiger partial charge in [0.2, 0.25) is 0 Å². The minimum atomic E-state index is -4.53. The number of amides is 1. The number of carbonyl (C=O) groups is 1. The van der Waals surface area contributed by atoms with Gasteiger partial charge in [0.15, 0.2) is 5.65 Å². The van der Waals surface area contributed by atoms with E-state index in [2.05, 4.69) is 47.2 Å². The number of rotatable bonds is 8. The number of hydrogen-bond acceptors (Lipinski definition) is 8. The number of aromatic amines is 1. The van der Waals surface area contributed by atoms with Crippen LogP contribution >= 0.6 is 0 Å². The molecule has 10 nitrogen and oxygen atoms in total. The number of aryl methyl sites for hydroxylation is 1. The molecule has 13 heteroatoms. The summed E-state index contributed by atoms with van der Waals surface area (Å²) in [6.45, 7) is 1.85. The molecule has 4 rings (SSSR count). The Bertz CT molecular complexity index is 1370. The first-order valence-electron chi connectivity index (χ1n) is 10.2. The Balaban J connectivity index is 1.32. The lowest BCUT2D eigenvalue weighted by Crippen LogP contribution is -2.33. The summed E-state index contributed by atoms with van der Waals surface area (Å²) in [5, 5.41) is 13.0. The fourth-order valence-corrected chi connectivity index (χ4v) is 3.06. The van der Waals surface area contributed by atoms with E-state index in [1.54, 1.807) is 36.8 Å². The number of anilines is 3. The molecule has 35 heavy (non-hydrogen) atoms. The molecule has 0 fully saturated rings. The summed E-state index contributed by atoms with van der Waals surface area (Å²) in [6, 6.07) is 9.31. The second-order valence-electron chi connectivity index (χ2n) is 7.29. The van der Waals surface area contributed by atoms with Crippen LogP contribution in [0.15, 0.2) is 67.4 Å². The highest BCUT2D eigenvalue weighted by Crippen LogP contribution is 2.30. The third kappa shape index (κ3) is 5.83. The molecule has 0 aliphatic carbocycles. The molecule has 0 aliphatic rings. The van der Waals surface area contributed by atoms with Crippen molar-refractivity contribution in [3.05, 3.63) is 84.1 Å². The molecule has 4 aromatic rings. The van der Waals surface area contributed by atoms with Gasteiger partial charge >= 0.3 is 6.18 Å². The number of carbonyl (C=O) groups excluding carboxylic acids is 1. The van der Waals surface area contributed by atoms with Gasteiger partial charge < -0.3 is 21.5 Å². The number of nitrogens with one attached hydrogen (secondary N) is 6. The van der Waals surface area contributed by atoms with Crippen molar-refractivity contribution in [2.45, 2.75) is 13.1 Å². The number of alkyl halides is 3. The van der Waals surface area contributed by atoms with Gasteiger partial charge in [-0.2, -0.15) is 23.8 Å². The average Bonchev–Trinajstić information content (AvgIpc) is 3.32. The first-order chi connectivity index (χ1) is 16.8. The highest BCUT2D eigenvalue weighted by Gasteiger charge is 2.30. The highest BCUT2D eigenvalue weighted by molar-refractivity contribution is 6.04. The van der Waals surface area contributed by atoms with Gasteiger partial charge in [-0.1, -0.05) is 12.1 Å². The SMILES string of the molecule is Cc1ccc(NC(=O)c2cccc(C(F)(F)F)c2)cc1NNN/C=C\Nc1ncnc2[nH]ncc12. The molecule has 0 spiro atoms. The van der Waals surface area contributed by atoms with Crippen molar-refractivity contribution in [3.8, 4) is 0 Å². The summed E-state index contributed by atoms with van der Waals surface area (Å²) in [4.78, 5) is 20.6. The summed E-state index contributed by atoms with van der Waals surface area (Å²) in [5.74, 6) is -0.0720. The summed E-state index contributed by atoms with van der Waals surface area (Å²) >= 11 is 0. The molecule has 0 atom stereocenters. The van der Waals surface area contributed by atoms with Crippen molar-refractivity contribution in [1.82, 2.24) is 31.1 Å². The molecule has 6 N–H and O–H groups in total. The zero-order valence-corrected chi connectivity index (χ0v) is 18.2. The number of hydrazine groups is 2. The summed E-state index contributed by atoms with van der Waals surface area (Å²) in [7, 11) is 0. The summed E-state index contributed by atoms with van der Waals surface area (Å²) in [5.41, 5.74) is 10.1. The van der Waals surface area contributed by atoms with E-state index in [1.807, 2.05) is 6.92 Å². The summed E-state index contributed by atoms with van der Waals surface area (Å²) in [6.07, 6.45) is 1.68. The van der Waals surface area contributed by atoms with Gasteiger partial charge in [-0.05, 0) is 42.8 Å². The molecule has 0 saturated carbocycles. The second-order valence-corrected chi connectivity index (χ2v) is 7.29. The first kappa shape index (κ1) is 23.5. The maximum atomic E-state index is 12.9. The van der Waals surface area contributed by atoms with Crippen LogP contribution < -0.4 is 27.0 Å². The Hall–Kier alpha value is -4.65. The molecule has 1 amide bonds. The van der Waals surface area contributed by atoms with Crippen LogP contribution in [0, 0.1) is 6.92 Å². The Morgan fingerprint density at radius 3 is 2.77 bits per heavy atom. The van der Waals surface area contributed by atoms with E-state index in [0.717, 1.165) is 23.1 Å². The third-order valence-corrected chi connectivity index (χ3v) is 4.85. The Labute approximate surface area is 197 Å². The van der Waals surface area contributed by atoms with Crippen LogP contribution in [-0.2, 0) is 6.18 Å². The molecular formula is C22H20F3N9O. The van der Waals surface area contributed by atoms with E-state index in [4.69, 9.17) is 0 Å². The van der Waals surface area contributed by atoms with Gasteiger partial charge in [0, 0.05) is 23.7 Å². The van der Waals surface area contributed by atoms with Crippen LogP contribution in [0.2, 0.25) is 0 Å². The predicted molar refractivity (Wildman–Crippen MR) is 125 cm³/mol. The van der Waals surface area contributed by atoms with Crippen LogP contribution in [0.1, 0.15) is 21.5 Å². The van der Waals surface area contributed by atoms with Crippen molar-refractivity contribution in [2.24, 2.45) is 0 Å². The van der Waals surface area contributed by atoms with E-state index in [1.165, 1.54) is 18.5 Å². The number of fused-ring (bicyclic) bond motifs is 1. The van der Waals surface area contributed by atoms with E-state index < -0.39 is 17.6 Å². The Morgan fingerprint density at radius 1 is 1.09 bits per heavy atom. The molecule has 0 saturated heterocycles. The van der Waals surface area contributed by atoms with Crippen molar-refractivity contribution >= 4 is 34.1 Å². The minimum Gasteiger partial charge on any atom is -0.344 e. The minimum absolute atomic E-state index is 0.0938. The monoisotopic (exact) mass is 483 g/mol. The zero-order chi connectivity index (χ0) is 24.8. The van der Waals surface area contributed by atoms with E-state index >= 15 is 0 Å². The van der Waals surface area contributed by atoms with E-state index in [9.17, 15) is 18.0 Å². The standard InChI is InChI=1S/C22H20F3N9O/c1-13-5-6-16(31-21(35)14-3-2-4-15(9-14)22(23,24)25)10-18(13)32-34-29-8-7-26-19-17-11-30-33-20(17)28-12-27-19/h2-12,29,32,34H,1H3,(H,31,35)(H2,26,27,28,30,33)/b8-7-. The smallest absolute Gasteiger partial charge is 0.344 e. The Morgan fingerprint density at radius 2 is 1.94 bits per heavy atom. The van der Waals surface area contributed by atoms with Gasteiger partial charge in [0.05, 0.1) is 22.8 Å². The third-order valence-electron chi connectivity index (χ3n) is 4.85. The zero-order valence-electron chi connectivity index (χ0n) is 18.2. The molecule has 180 valence electrons. The van der Waals surface area contributed by atoms with E-state index in [0.29, 0.717) is 22.8 Å². The van der Waals surface area contributed by atoms with Crippen molar-refractivity contribution < 1.29 is 18.0 Å².